The van der Waals surface area contributed by atoms with Gasteiger partial charge < -0.3 is 24.5 Å². The van der Waals surface area contributed by atoms with Gasteiger partial charge in [0, 0.05) is 25.5 Å². The average molecular weight is 321 g/mol. The van der Waals surface area contributed by atoms with Crippen molar-refractivity contribution in [1.82, 2.24) is 14.8 Å². The highest BCUT2D eigenvalue weighted by Gasteiger charge is 2.51. The number of nitrogens with zero attached hydrogens (tertiary/aromatic N) is 2. The van der Waals surface area contributed by atoms with Crippen LogP contribution in [0, 0.1) is 0 Å². The maximum Gasteiger partial charge on any atom is 0.176 e. The third-order valence-electron chi connectivity index (χ3n) is 5.51. The molecule has 0 amide bonds. The summed E-state index contributed by atoms with van der Waals surface area (Å²) in [6.07, 6.45) is 4.92. The molecule has 3 aliphatic rings. The summed E-state index contributed by atoms with van der Waals surface area (Å²) >= 11 is 0. The summed E-state index contributed by atoms with van der Waals surface area (Å²) in [6.45, 7) is 3.35. The van der Waals surface area contributed by atoms with Crippen LogP contribution in [0.1, 0.15) is 25.0 Å². The molecule has 4 rings (SSSR count). The van der Waals surface area contributed by atoms with Crippen molar-refractivity contribution in [3.63, 3.8) is 0 Å². The zero-order chi connectivity index (χ0) is 15.8. The van der Waals surface area contributed by atoms with E-state index in [9.17, 15) is 5.11 Å². The highest BCUT2D eigenvalue weighted by atomic mass is 16.7. The summed E-state index contributed by atoms with van der Waals surface area (Å²) in [4.78, 5) is 2.36. The van der Waals surface area contributed by atoms with E-state index in [1.807, 2.05) is 19.3 Å². The van der Waals surface area contributed by atoms with Crippen LogP contribution in [0.4, 0.5) is 0 Å². The molecular weight excluding hydrogens is 294 g/mol. The number of fused-ring (bicyclic) bond motifs is 2. The number of ether oxygens (including phenoxy) is 2. The van der Waals surface area contributed by atoms with E-state index in [1.54, 1.807) is 0 Å². The van der Waals surface area contributed by atoms with Crippen LogP contribution in [0.15, 0.2) is 18.3 Å². The molecule has 2 bridgehead atoms. The minimum absolute atomic E-state index is 0.0556. The van der Waals surface area contributed by atoms with Crippen LogP contribution in [0.3, 0.4) is 0 Å². The Bertz CT molecular complexity index is 529. The predicted molar refractivity (Wildman–Crippen MR) is 85.9 cm³/mol. The van der Waals surface area contributed by atoms with E-state index in [0.717, 1.165) is 19.6 Å². The van der Waals surface area contributed by atoms with Crippen molar-refractivity contribution in [1.29, 1.82) is 0 Å². The van der Waals surface area contributed by atoms with Gasteiger partial charge in [-0.05, 0) is 38.1 Å². The monoisotopic (exact) mass is 321 g/mol. The van der Waals surface area contributed by atoms with E-state index in [4.69, 9.17) is 9.47 Å². The Kier molecular flexibility index (Phi) is 4.43. The van der Waals surface area contributed by atoms with E-state index < -0.39 is 6.10 Å². The maximum absolute atomic E-state index is 11.0. The number of aliphatic hydroxyl groups excluding tert-OH is 1. The van der Waals surface area contributed by atoms with Crippen molar-refractivity contribution < 1.29 is 14.6 Å². The highest BCUT2D eigenvalue weighted by molar-refractivity contribution is 5.08. The first-order valence-electron chi connectivity index (χ1n) is 8.77. The third-order valence-corrected chi connectivity index (χ3v) is 5.51. The van der Waals surface area contributed by atoms with Gasteiger partial charge in [0.25, 0.3) is 0 Å². The number of hydrogen-bond donors (Lipinski definition) is 2. The Morgan fingerprint density at radius 1 is 1.30 bits per heavy atom. The van der Waals surface area contributed by atoms with E-state index in [0.29, 0.717) is 6.61 Å². The van der Waals surface area contributed by atoms with Gasteiger partial charge in [-0.15, -0.1) is 0 Å². The number of nitrogens with one attached hydrogen (secondary N) is 1. The molecule has 5 unspecified atom stereocenters. The quantitative estimate of drug-likeness (QED) is 0.843. The fourth-order valence-corrected chi connectivity index (χ4v) is 4.16. The first kappa shape index (κ1) is 15.6. The smallest absolute Gasteiger partial charge is 0.176 e. The van der Waals surface area contributed by atoms with Crippen LogP contribution in [0.2, 0.25) is 0 Å². The minimum Gasteiger partial charge on any atom is -0.390 e. The summed E-state index contributed by atoms with van der Waals surface area (Å²) in [5, 5.41) is 14.5. The van der Waals surface area contributed by atoms with E-state index >= 15 is 0 Å². The van der Waals surface area contributed by atoms with Gasteiger partial charge >= 0.3 is 0 Å². The van der Waals surface area contributed by atoms with Gasteiger partial charge in [-0.1, -0.05) is 6.42 Å². The molecule has 6 nitrogen and oxygen atoms in total. The van der Waals surface area contributed by atoms with Crippen LogP contribution in [0.25, 0.3) is 0 Å². The second kappa shape index (κ2) is 6.53. The largest absolute Gasteiger partial charge is 0.390 e. The molecule has 1 aromatic rings. The Morgan fingerprint density at radius 2 is 2.13 bits per heavy atom. The van der Waals surface area contributed by atoms with Crippen molar-refractivity contribution >= 4 is 0 Å². The van der Waals surface area contributed by atoms with Crippen molar-refractivity contribution in [2.75, 3.05) is 19.7 Å². The summed E-state index contributed by atoms with van der Waals surface area (Å²) < 4.78 is 14.0. The second-order valence-corrected chi connectivity index (χ2v) is 6.97. The molecule has 128 valence electrons. The van der Waals surface area contributed by atoms with Gasteiger partial charge in [-0.2, -0.15) is 0 Å². The number of aliphatic hydroxyl groups is 1. The molecular formula is C17H27N3O3. The molecule has 0 radical (unpaired) electrons. The zero-order valence-electron chi connectivity index (χ0n) is 13.7. The number of aromatic nitrogens is 1. The van der Waals surface area contributed by atoms with Crippen LogP contribution in [-0.2, 0) is 23.1 Å². The number of piperidine rings is 1. The van der Waals surface area contributed by atoms with E-state index in [-0.39, 0.29) is 24.5 Å². The predicted octanol–water partition coefficient (Wildman–Crippen LogP) is 0.454. The van der Waals surface area contributed by atoms with E-state index in [1.165, 1.54) is 25.0 Å². The lowest BCUT2D eigenvalue weighted by Gasteiger charge is -2.45. The maximum atomic E-state index is 11.0. The molecule has 1 aromatic heterocycles. The fourth-order valence-electron chi connectivity index (χ4n) is 4.16. The molecule has 23 heavy (non-hydrogen) atoms. The lowest BCUT2D eigenvalue weighted by atomic mass is 9.93. The number of hydrogen-bond acceptors (Lipinski definition) is 5. The molecule has 4 heterocycles. The molecule has 0 saturated carbocycles. The second-order valence-electron chi connectivity index (χ2n) is 6.97. The molecule has 3 aliphatic heterocycles. The molecule has 3 fully saturated rings. The number of aryl methyl sites for hydroxylation is 1. The molecule has 3 saturated heterocycles. The standard InChI is InChI=1S/C17H27N3O3/c1-19-7-5-6-12(19)10-18-14-13-11-22-17(23-13)15(16(14)21)20-8-3-2-4-9-20/h5-7,13-18,21H,2-4,8-11H2,1H3. The summed E-state index contributed by atoms with van der Waals surface area (Å²) in [7, 11) is 2.04. The molecule has 0 aromatic carbocycles. The number of likely N-dealkylation sites (tertiary alicyclic amines) is 1. The Morgan fingerprint density at radius 3 is 2.87 bits per heavy atom. The van der Waals surface area contributed by atoms with E-state index in [2.05, 4.69) is 20.9 Å². The first-order valence-corrected chi connectivity index (χ1v) is 8.77. The molecule has 0 spiro atoms. The van der Waals surface area contributed by atoms with Crippen molar-refractivity contribution in [2.24, 2.45) is 7.05 Å². The van der Waals surface area contributed by atoms with Gasteiger partial charge in [-0.25, -0.2) is 0 Å². The molecule has 0 aliphatic carbocycles. The van der Waals surface area contributed by atoms with Gasteiger partial charge in [0.2, 0.25) is 0 Å². The normalized spacial score (nSPS) is 38.1. The minimum atomic E-state index is -0.459. The third kappa shape index (κ3) is 2.94. The highest BCUT2D eigenvalue weighted by Crippen LogP contribution is 2.32. The van der Waals surface area contributed by atoms with Crippen LogP contribution in [0.5, 0.6) is 0 Å². The topological polar surface area (TPSA) is 58.9 Å². The van der Waals surface area contributed by atoms with Gasteiger partial charge in [-0.3, -0.25) is 4.90 Å². The van der Waals surface area contributed by atoms with Crippen molar-refractivity contribution in [3.05, 3.63) is 24.0 Å². The SMILES string of the molecule is Cn1cccc1CNC1C2COC(O2)C(N2CCCCC2)C1O. The Labute approximate surface area is 137 Å². The molecule has 6 heteroatoms. The first-order chi connectivity index (χ1) is 11.2. The average Bonchev–Trinajstić information content (AvgIpc) is 3.16. The van der Waals surface area contributed by atoms with Crippen molar-refractivity contribution in [3.8, 4) is 0 Å². The lowest BCUT2D eigenvalue weighted by Crippen LogP contribution is -2.64. The van der Waals surface area contributed by atoms with Gasteiger partial charge in [0.05, 0.1) is 24.8 Å². The van der Waals surface area contributed by atoms with Crippen LogP contribution < -0.4 is 5.32 Å². The molecule has 5 atom stereocenters. The Balaban J connectivity index is 1.46. The summed E-state index contributed by atoms with van der Waals surface area (Å²) in [5.41, 5.74) is 1.20. The van der Waals surface area contributed by atoms with Crippen molar-refractivity contribution in [2.45, 2.75) is 56.4 Å². The van der Waals surface area contributed by atoms with Crippen LogP contribution >= 0.6 is 0 Å². The molecule has 2 N–H and O–H groups in total. The van der Waals surface area contributed by atoms with Gasteiger partial charge in [0.1, 0.15) is 6.10 Å². The zero-order valence-corrected chi connectivity index (χ0v) is 13.7. The fraction of sp³-hybridized carbons (Fsp3) is 0.765. The van der Waals surface area contributed by atoms with Gasteiger partial charge in [0.15, 0.2) is 6.29 Å². The summed E-state index contributed by atoms with van der Waals surface area (Å²) in [5.74, 6) is 0. The Hall–Kier alpha value is -0.920. The lowest BCUT2D eigenvalue weighted by molar-refractivity contribution is -0.184. The van der Waals surface area contributed by atoms with Crippen LogP contribution in [-0.4, -0.2) is 64.9 Å². The summed E-state index contributed by atoms with van der Waals surface area (Å²) in [6, 6.07) is 3.99. The number of rotatable bonds is 4.